The molecule has 0 unspecified atom stereocenters. The van der Waals surface area contributed by atoms with Gasteiger partial charge in [-0.25, -0.2) is 4.98 Å². The number of benzene rings is 3. The fourth-order valence-electron chi connectivity index (χ4n) is 4.48. The number of rotatable bonds is 6. The second-order valence-corrected chi connectivity index (χ2v) is 10.2. The number of carboxylic acid groups (broad SMARTS) is 1. The zero-order chi connectivity index (χ0) is 24.6. The van der Waals surface area contributed by atoms with Crippen LogP contribution in [-0.2, 0) is 36.3 Å². The fraction of sp³-hybridized carbons (Fsp3) is 0.310. The number of carbonyl (C=O) groups is 1. The Kier molecular flexibility index (Phi) is 6.07. The molecule has 2 heterocycles. The highest BCUT2D eigenvalue weighted by atomic mass is 16.5. The molecule has 0 aliphatic carbocycles. The Morgan fingerprint density at radius 1 is 1.06 bits per heavy atom. The number of hydrogen-bond acceptors (Lipinski definition) is 5. The van der Waals surface area contributed by atoms with Gasteiger partial charge in [0, 0.05) is 18.5 Å². The molecule has 6 nitrogen and oxygen atoms in total. The Hall–Kier alpha value is -3.64. The summed E-state index contributed by atoms with van der Waals surface area (Å²) in [6, 6.07) is 21.4. The van der Waals surface area contributed by atoms with Crippen molar-refractivity contribution in [1.29, 1.82) is 0 Å². The van der Waals surface area contributed by atoms with Crippen LogP contribution in [0, 0.1) is 0 Å². The lowest BCUT2D eigenvalue weighted by Gasteiger charge is -2.34. The van der Waals surface area contributed by atoms with Gasteiger partial charge in [0.15, 0.2) is 5.58 Å². The maximum atomic E-state index is 12.0. The molecular weight excluding hydrogens is 440 g/mol. The summed E-state index contributed by atoms with van der Waals surface area (Å²) in [6.45, 7) is 7.81. The van der Waals surface area contributed by atoms with E-state index in [4.69, 9.17) is 9.15 Å². The summed E-state index contributed by atoms with van der Waals surface area (Å²) < 4.78 is 12.1. The van der Waals surface area contributed by atoms with E-state index in [1.807, 2.05) is 71.6 Å². The number of oxazole rings is 1. The molecule has 180 valence electrons. The van der Waals surface area contributed by atoms with Gasteiger partial charge in [-0.2, -0.15) is 0 Å². The molecule has 0 radical (unpaired) electrons. The zero-order valence-corrected chi connectivity index (χ0v) is 20.3. The Bertz CT molecular complexity index is 1350. The SMILES string of the molecule is CC(C)(C)c1nc2ccc(COc3ccc4c(c3)CN(Cc3ccccc3)[C@H](C(=O)O)C4)cc2o1. The minimum Gasteiger partial charge on any atom is -0.489 e. The van der Waals surface area contributed by atoms with Crippen molar-refractivity contribution >= 4 is 17.1 Å². The van der Waals surface area contributed by atoms with Crippen LogP contribution in [0.2, 0.25) is 0 Å². The summed E-state index contributed by atoms with van der Waals surface area (Å²) in [5.74, 6) is 0.703. The third kappa shape index (κ3) is 5.08. The third-order valence-electron chi connectivity index (χ3n) is 6.42. The van der Waals surface area contributed by atoms with Crippen LogP contribution < -0.4 is 4.74 Å². The topological polar surface area (TPSA) is 75.8 Å². The van der Waals surface area contributed by atoms with Crippen LogP contribution in [0.4, 0.5) is 0 Å². The molecule has 1 N–H and O–H groups in total. The molecule has 1 aromatic heterocycles. The highest BCUT2D eigenvalue weighted by Crippen LogP contribution is 2.30. The molecule has 0 saturated carbocycles. The van der Waals surface area contributed by atoms with E-state index < -0.39 is 12.0 Å². The second-order valence-electron chi connectivity index (χ2n) is 10.2. The number of aromatic nitrogens is 1. The van der Waals surface area contributed by atoms with Gasteiger partial charge in [0.2, 0.25) is 5.89 Å². The number of ether oxygens (including phenoxy) is 1. The lowest BCUT2D eigenvalue weighted by Crippen LogP contribution is -2.45. The first kappa shape index (κ1) is 23.1. The molecule has 35 heavy (non-hydrogen) atoms. The van der Waals surface area contributed by atoms with E-state index in [0.29, 0.717) is 26.1 Å². The summed E-state index contributed by atoms with van der Waals surface area (Å²) in [5, 5.41) is 9.82. The van der Waals surface area contributed by atoms with E-state index in [1.165, 1.54) is 0 Å². The van der Waals surface area contributed by atoms with Gasteiger partial charge in [-0.1, -0.05) is 63.2 Å². The molecule has 1 aliphatic heterocycles. The van der Waals surface area contributed by atoms with Crippen LogP contribution in [0.15, 0.2) is 71.1 Å². The molecule has 1 aliphatic rings. The molecule has 6 heteroatoms. The van der Waals surface area contributed by atoms with Crippen molar-refractivity contribution in [3.63, 3.8) is 0 Å². The van der Waals surface area contributed by atoms with E-state index >= 15 is 0 Å². The summed E-state index contributed by atoms with van der Waals surface area (Å²) in [5.41, 5.74) is 5.74. The van der Waals surface area contributed by atoms with Crippen molar-refractivity contribution < 1.29 is 19.1 Å². The molecule has 0 amide bonds. The largest absolute Gasteiger partial charge is 0.489 e. The summed E-state index contributed by atoms with van der Waals surface area (Å²) >= 11 is 0. The van der Waals surface area contributed by atoms with Gasteiger partial charge < -0.3 is 14.3 Å². The lowest BCUT2D eigenvalue weighted by molar-refractivity contribution is -0.144. The molecule has 0 bridgehead atoms. The molecule has 0 fully saturated rings. The van der Waals surface area contributed by atoms with Gasteiger partial charge >= 0.3 is 5.97 Å². The Morgan fingerprint density at radius 3 is 2.60 bits per heavy atom. The number of carboxylic acids is 1. The number of fused-ring (bicyclic) bond motifs is 2. The minimum absolute atomic E-state index is 0.146. The number of nitrogens with zero attached hydrogens (tertiary/aromatic N) is 2. The van der Waals surface area contributed by atoms with E-state index in [1.54, 1.807) is 0 Å². The van der Waals surface area contributed by atoms with Crippen molar-refractivity contribution in [3.05, 3.63) is 94.9 Å². The Morgan fingerprint density at radius 2 is 1.86 bits per heavy atom. The van der Waals surface area contributed by atoms with Crippen molar-refractivity contribution in [2.45, 2.75) is 58.3 Å². The van der Waals surface area contributed by atoms with Gasteiger partial charge in [-0.15, -0.1) is 0 Å². The van der Waals surface area contributed by atoms with Crippen molar-refractivity contribution in [3.8, 4) is 5.75 Å². The van der Waals surface area contributed by atoms with Gasteiger partial charge in [-0.05, 0) is 52.9 Å². The minimum atomic E-state index is -0.788. The van der Waals surface area contributed by atoms with Gasteiger partial charge in [-0.3, -0.25) is 9.69 Å². The molecule has 5 rings (SSSR count). The van der Waals surface area contributed by atoms with Gasteiger partial charge in [0.1, 0.15) is 23.9 Å². The van der Waals surface area contributed by atoms with Crippen molar-refractivity contribution in [2.75, 3.05) is 0 Å². The Labute approximate surface area is 205 Å². The average Bonchev–Trinajstić information content (AvgIpc) is 3.27. The first-order chi connectivity index (χ1) is 16.8. The number of aliphatic carboxylic acids is 1. The number of hydrogen-bond donors (Lipinski definition) is 1. The maximum absolute atomic E-state index is 12.0. The van der Waals surface area contributed by atoms with E-state index in [2.05, 4.69) is 25.8 Å². The molecular formula is C29H30N2O4. The summed E-state index contributed by atoms with van der Waals surface area (Å²) in [7, 11) is 0. The van der Waals surface area contributed by atoms with Gasteiger partial charge in [0.05, 0.1) is 0 Å². The van der Waals surface area contributed by atoms with Crippen LogP contribution in [0.3, 0.4) is 0 Å². The van der Waals surface area contributed by atoms with Crippen LogP contribution in [-0.4, -0.2) is 27.0 Å². The smallest absolute Gasteiger partial charge is 0.321 e. The quantitative estimate of drug-likeness (QED) is 0.389. The lowest BCUT2D eigenvalue weighted by atomic mass is 9.93. The summed E-state index contributed by atoms with van der Waals surface area (Å²) in [4.78, 5) is 18.6. The highest BCUT2D eigenvalue weighted by Gasteiger charge is 2.31. The van der Waals surface area contributed by atoms with Crippen LogP contribution in [0.1, 0.15) is 48.9 Å². The molecule has 3 aromatic carbocycles. The van der Waals surface area contributed by atoms with Crippen molar-refractivity contribution in [1.82, 2.24) is 9.88 Å². The third-order valence-corrected chi connectivity index (χ3v) is 6.42. The standard InChI is InChI=1S/C29H30N2O4/c1-29(2,3)28-30-24-12-9-20(13-26(24)35-28)18-34-23-11-10-21-15-25(27(32)33)31(17-22(21)14-23)16-19-7-5-4-6-8-19/h4-14,25H,15-18H2,1-3H3,(H,32,33)/t25-/m0/s1. The predicted molar refractivity (Wildman–Crippen MR) is 134 cm³/mol. The second kappa shape index (κ2) is 9.19. The molecule has 0 spiro atoms. The van der Waals surface area contributed by atoms with E-state index in [9.17, 15) is 9.90 Å². The van der Waals surface area contributed by atoms with Crippen molar-refractivity contribution in [2.24, 2.45) is 0 Å². The first-order valence-electron chi connectivity index (χ1n) is 11.9. The Balaban J connectivity index is 1.31. The van der Waals surface area contributed by atoms with Crippen LogP contribution >= 0.6 is 0 Å². The highest BCUT2D eigenvalue weighted by molar-refractivity contribution is 5.75. The van der Waals surface area contributed by atoms with Crippen LogP contribution in [0.25, 0.3) is 11.1 Å². The van der Waals surface area contributed by atoms with Gasteiger partial charge in [0.25, 0.3) is 0 Å². The first-order valence-corrected chi connectivity index (χ1v) is 11.9. The average molecular weight is 471 g/mol. The molecule has 4 aromatic rings. The monoisotopic (exact) mass is 470 g/mol. The predicted octanol–water partition coefficient (Wildman–Crippen LogP) is 5.72. The summed E-state index contributed by atoms with van der Waals surface area (Å²) in [6.07, 6.45) is 0.482. The van der Waals surface area contributed by atoms with E-state index in [0.717, 1.165) is 45.0 Å². The normalized spacial score (nSPS) is 16.3. The zero-order valence-electron chi connectivity index (χ0n) is 20.3. The fourth-order valence-corrected chi connectivity index (χ4v) is 4.48. The van der Waals surface area contributed by atoms with E-state index in [-0.39, 0.29) is 5.41 Å². The molecule has 1 atom stereocenters. The molecule has 0 saturated heterocycles. The van der Waals surface area contributed by atoms with Crippen LogP contribution in [0.5, 0.6) is 5.75 Å². The maximum Gasteiger partial charge on any atom is 0.321 e.